The number of hydrogen-bond donors (Lipinski definition) is 3. The number of carbonyl (C=O) groups excluding carboxylic acids is 2. The zero-order valence-electron chi connectivity index (χ0n) is 17.3. The van der Waals surface area contributed by atoms with Crippen molar-refractivity contribution in [2.24, 2.45) is 0 Å². The number of anilines is 1. The van der Waals surface area contributed by atoms with E-state index in [4.69, 9.17) is 0 Å². The minimum Gasteiger partial charge on any atom is -0.348 e. The molecular formula is C24H22N6O2. The molecule has 3 N–H and O–H groups in total. The second-order valence-electron chi connectivity index (χ2n) is 8.04. The Morgan fingerprint density at radius 2 is 1.88 bits per heavy atom. The summed E-state index contributed by atoms with van der Waals surface area (Å²) in [5, 5.41) is 15.3. The molecule has 0 unspecified atom stereocenters. The van der Waals surface area contributed by atoms with E-state index in [2.05, 4.69) is 36.9 Å². The number of H-pyrrole nitrogens is 1. The van der Waals surface area contributed by atoms with E-state index in [1.165, 1.54) is 18.6 Å². The minimum atomic E-state index is -0.215. The van der Waals surface area contributed by atoms with Crippen LogP contribution >= 0.6 is 0 Å². The summed E-state index contributed by atoms with van der Waals surface area (Å²) < 4.78 is 0. The molecule has 1 aliphatic rings. The van der Waals surface area contributed by atoms with Crippen LogP contribution in [-0.2, 0) is 11.2 Å². The van der Waals surface area contributed by atoms with Gasteiger partial charge in [0, 0.05) is 36.1 Å². The number of hydrogen-bond acceptors (Lipinski definition) is 5. The Hall–Kier alpha value is -4.07. The molecular weight excluding hydrogens is 404 g/mol. The maximum absolute atomic E-state index is 12.5. The summed E-state index contributed by atoms with van der Waals surface area (Å²) in [5.74, 6) is 0.451. The predicted molar refractivity (Wildman–Crippen MR) is 120 cm³/mol. The number of nitrogens with zero attached hydrogens (tertiary/aromatic N) is 3. The molecule has 5 rings (SSSR count). The normalized spacial score (nSPS) is 17.5. The van der Waals surface area contributed by atoms with Crippen molar-refractivity contribution in [1.29, 1.82) is 0 Å². The number of amides is 2. The van der Waals surface area contributed by atoms with Crippen molar-refractivity contribution in [3.8, 4) is 0 Å². The number of aromatic nitrogens is 4. The van der Waals surface area contributed by atoms with E-state index >= 15 is 0 Å². The van der Waals surface area contributed by atoms with Crippen LogP contribution in [0, 0.1) is 0 Å². The molecule has 160 valence electrons. The number of carbonyl (C=O) groups is 2. The van der Waals surface area contributed by atoms with Crippen molar-refractivity contribution in [3.05, 3.63) is 84.1 Å². The third-order valence-corrected chi connectivity index (χ3v) is 5.75. The highest BCUT2D eigenvalue weighted by Gasteiger charge is 2.33. The van der Waals surface area contributed by atoms with Gasteiger partial charge in [0.2, 0.25) is 5.91 Å². The fourth-order valence-electron chi connectivity index (χ4n) is 4.00. The topological polar surface area (TPSA) is 113 Å². The molecule has 0 radical (unpaired) electrons. The second-order valence-corrected chi connectivity index (χ2v) is 8.04. The first kappa shape index (κ1) is 19.9. The lowest BCUT2D eigenvalue weighted by Gasteiger charge is -2.34. The molecule has 2 aromatic heterocycles. The molecule has 2 amide bonds. The van der Waals surface area contributed by atoms with Gasteiger partial charge < -0.3 is 10.6 Å². The first-order chi connectivity index (χ1) is 15.6. The van der Waals surface area contributed by atoms with Gasteiger partial charge in [0.15, 0.2) is 5.82 Å². The van der Waals surface area contributed by atoms with E-state index in [1.807, 2.05) is 42.5 Å². The third-order valence-electron chi connectivity index (χ3n) is 5.75. The Bertz CT molecular complexity index is 1260. The molecule has 2 aromatic carbocycles. The van der Waals surface area contributed by atoms with Gasteiger partial charge in [-0.05, 0) is 29.2 Å². The summed E-state index contributed by atoms with van der Waals surface area (Å²) in [5.41, 5.74) is 2.22. The van der Waals surface area contributed by atoms with Gasteiger partial charge in [-0.1, -0.05) is 42.5 Å². The average molecular weight is 426 g/mol. The van der Waals surface area contributed by atoms with Crippen LogP contribution in [0.25, 0.3) is 10.8 Å². The largest absolute Gasteiger partial charge is 0.348 e. The lowest BCUT2D eigenvalue weighted by atomic mass is 9.78. The highest BCUT2D eigenvalue weighted by molar-refractivity contribution is 5.93. The number of aromatic amines is 1. The molecule has 8 nitrogen and oxygen atoms in total. The molecule has 2 heterocycles. The summed E-state index contributed by atoms with van der Waals surface area (Å²) in [7, 11) is 0. The number of fused-ring (bicyclic) bond motifs is 1. The van der Waals surface area contributed by atoms with E-state index in [0.29, 0.717) is 11.5 Å². The van der Waals surface area contributed by atoms with Gasteiger partial charge in [-0.3, -0.25) is 19.7 Å². The van der Waals surface area contributed by atoms with Crippen LogP contribution in [0.2, 0.25) is 0 Å². The van der Waals surface area contributed by atoms with Gasteiger partial charge in [-0.15, -0.1) is 0 Å². The lowest BCUT2D eigenvalue weighted by molar-refractivity contribution is -0.115. The Kier molecular flexibility index (Phi) is 5.33. The molecule has 1 fully saturated rings. The fourth-order valence-corrected chi connectivity index (χ4v) is 4.00. The number of rotatable bonds is 6. The van der Waals surface area contributed by atoms with Crippen LogP contribution in [0.15, 0.2) is 67.1 Å². The first-order valence-electron chi connectivity index (χ1n) is 10.5. The van der Waals surface area contributed by atoms with Crippen LogP contribution in [0.1, 0.15) is 40.5 Å². The quantitative estimate of drug-likeness (QED) is 0.438. The van der Waals surface area contributed by atoms with E-state index in [9.17, 15) is 9.59 Å². The van der Waals surface area contributed by atoms with E-state index in [1.54, 1.807) is 0 Å². The van der Waals surface area contributed by atoms with Gasteiger partial charge in [0.1, 0.15) is 5.69 Å². The third kappa shape index (κ3) is 4.34. The van der Waals surface area contributed by atoms with Crippen LogP contribution in [0.3, 0.4) is 0 Å². The van der Waals surface area contributed by atoms with Gasteiger partial charge in [0.25, 0.3) is 5.91 Å². The second kappa shape index (κ2) is 8.58. The van der Waals surface area contributed by atoms with Gasteiger partial charge in [-0.25, -0.2) is 4.98 Å². The van der Waals surface area contributed by atoms with Crippen molar-refractivity contribution in [1.82, 2.24) is 25.5 Å². The fraction of sp³-hybridized carbons (Fsp3) is 0.208. The molecule has 0 spiro atoms. The standard InChI is InChI=1S/C24H22N6O2/c31-23(10-15-5-6-16-3-1-2-4-17(16)9-15)28-22-13-20(29-30-22)18-11-19(12-18)27-24(32)21-14-25-7-8-26-21/h1-9,13-14,18-19H,10-12H2,(H,27,32)(H2,28,29,30,31). The first-order valence-corrected chi connectivity index (χ1v) is 10.5. The van der Waals surface area contributed by atoms with Crippen molar-refractivity contribution in [2.45, 2.75) is 31.2 Å². The summed E-state index contributed by atoms with van der Waals surface area (Å²) in [6.45, 7) is 0. The van der Waals surface area contributed by atoms with Crippen molar-refractivity contribution in [2.75, 3.05) is 5.32 Å². The zero-order valence-corrected chi connectivity index (χ0v) is 17.3. The molecule has 32 heavy (non-hydrogen) atoms. The Labute approximate surface area is 184 Å². The zero-order chi connectivity index (χ0) is 21.9. The van der Waals surface area contributed by atoms with E-state index in [0.717, 1.165) is 34.9 Å². The van der Waals surface area contributed by atoms with Gasteiger partial charge in [0.05, 0.1) is 12.6 Å². The summed E-state index contributed by atoms with van der Waals surface area (Å²) in [6.07, 6.45) is 6.38. The molecule has 8 heteroatoms. The van der Waals surface area contributed by atoms with Gasteiger partial charge in [-0.2, -0.15) is 5.10 Å². The van der Waals surface area contributed by atoms with Crippen LogP contribution in [0.4, 0.5) is 5.82 Å². The number of nitrogens with one attached hydrogen (secondary N) is 3. The van der Waals surface area contributed by atoms with E-state index < -0.39 is 0 Å². The van der Waals surface area contributed by atoms with Crippen LogP contribution in [-0.4, -0.2) is 38.0 Å². The van der Waals surface area contributed by atoms with Gasteiger partial charge >= 0.3 is 0 Å². The van der Waals surface area contributed by atoms with Crippen LogP contribution < -0.4 is 10.6 Å². The highest BCUT2D eigenvalue weighted by Crippen LogP contribution is 2.36. The smallest absolute Gasteiger partial charge is 0.271 e. The van der Waals surface area contributed by atoms with Crippen molar-refractivity contribution in [3.63, 3.8) is 0 Å². The molecule has 1 saturated carbocycles. The SMILES string of the molecule is O=C(Cc1ccc2ccccc2c1)Nc1cc(C2CC(NC(=O)c3cnccn3)C2)[nH]n1. The Balaban J connectivity index is 1.12. The van der Waals surface area contributed by atoms with Crippen LogP contribution in [0.5, 0.6) is 0 Å². The lowest BCUT2D eigenvalue weighted by Crippen LogP contribution is -2.43. The van der Waals surface area contributed by atoms with E-state index in [-0.39, 0.29) is 30.2 Å². The average Bonchev–Trinajstić information content (AvgIpc) is 3.23. The van der Waals surface area contributed by atoms with Crippen molar-refractivity contribution >= 4 is 28.4 Å². The molecule has 0 saturated heterocycles. The molecule has 0 bridgehead atoms. The Morgan fingerprint density at radius 3 is 2.69 bits per heavy atom. The maximum Gasteiger partial charge on any atom is 0.271 e. The van der Waals surface area contributed by atoms with Crippen molar-refractivity contribution < 1.29 is 9.59 Å². The molecule has 4 aromatic rings. The maximum atomic E-state index is 12.5. The number of benzene rings is 2. The highest BCUT2D eigenvalue weighted by atomic mass is 16.2. The summed E-state index contributed by atoms with van der Waals surface area (Å²) in [4.78, 5) is 32.5. The minimum absolute atomic E-state index is 0.0868. The summed E-state index contributed by atoms with van der Waals surface area (Å²) in [6, 6.07) is 16.1. The molecule has 0 atom stereocenters. The monoisotopic (exact) mass is 426 g/mol. The summed E-state index contributed by atoms with van der Waals surface area (Å²) >= 11 is 0. The molecule has 0 aliphatic heterocycles. The predicted octanol–water partition coefficient (Wildman–Crippen LogP) is 3.21. The molecule has 1 aliphatic carbocycles. The Morgan fingerprint density at radius 1 is 1.03 bits per heavy atom.